The fourth-order valence-corrected chi connectivity index (χ4v) is 6.22. The summed E-state index contributed by atoms with van der Waals surface area (Å²) < 4.78 is 2.34. The van der Waals surface area contributed by atoms with E-state index < -0.39 is 0 Å². The molecule has 0 saturated carbocycles. The Kier molecular flexibility index (Phi) is 5.29. The molecule has 0 aliphatic carbocycles. The van der Waals surface area contributed by atoms with Crippen molar-refractivity contribution in [3.8, 4) is 5.69 Å². The van der Waals surface area contributed by atoms with Crippen molar-refractivity contribution in [1.82, 2.24) is 4.57 Å². The molecule has 3 heteroatoms. The highest BCUT2D eigenvalue weighted by Crippen LogP contribution is 2.43. The highest BCUT2D eigenvalue weighted by atomic mass is 15.1. The Morgan fingerprint density at radius 3 is 1.88 bits per heavy atom. The minimum atomic E-state index is 0.758. The molecule has 0 saturated heterocycles. The molecule has 41 heavy (non-hydrogen) atoms. The summed E-state index contributed by atoms with van der Waals surface area (Å²) in [7, 11) is 0. The van der Waals surface area contributed by atoms with Crippen molar-refractivity contribution in [3.63, 3.8) is 0 Å². The topological polar surface area (TPSA) is 34.2 Å². The summed E-state index contributed by atoms with van der Waals surface area (Å²) in [5, 5.41) is 7.40. The van der Waals surface area contributed by atoms with Crippen LogP contribution in [-0.2, 0) is 0 Å². The van der Waals surface area contributed by atoms with E-state index in [9.17, 15) is 0 Å². The number of aromatic nitrogens is 1. The number of para-hydroxylation sites is 2. The number of hydrogen-bond donors (Lipinski definition) is 1. The van der Waals surface area contributed by atoms with E-state index in [0.717, 1.165) is 34.0 Å². The molecule has 0 unspecified atom stereocenters. The third-order valence-corrected chi connectivity index (χ3v) is 8.07. The van der Waals surface area contributed by atoms with Gasteiger partial charge in [0.05, 0.1) is 16.7 Å². The Morgan fingerprint density at radius 1 is 0.439 bits per heavy atom. The van der Waals surface area contributed by atoms with Crippen LogP contribution in [0.5, 0.6) is 0 Å². The first-order chi connectivity index (χ1) is 20.3. The second-order valence-electron chi connectivity index (χ2n) is 10.5. The Labute approximate surface area is 238 Å². The average Bonchev–Trinajstić information content (AvgIpc) is 3.36. The summed E-state index contributed by atoms with van der Waals surface area (Å²) in [6, 6.07) is 53.9. The standard InChI is InChI=1S/C38H27N3/c39-27-18-20-29(21-19-27)41-36-17-9-8-16-34(36)35-23-22-30(25-38(35)41)40(28-11-2-1-3-12-28)37-24-26-10-4-5-13-31(26)32-14-6-7-15-33(32)37/h1-25H,39H2. The molecule has 3 nitrogen and oxygen atoms in total. The predicted molar refractivity (Wildman–Crippen MR) is 175 cm³/mol. The Balaban J connectivity index is 1.45. The number of benzene rings is 7. The number of hydrogen-bond acceptors (Lipinski definition) is 2. The van der Waals surface area contributed by atoms with Crippen molar-refractivity contribution in [2.75, 3.05) is 10.6 Å². The molecule has 8 rings (SSSR count). The molecule has 0 atom stereocenters. The number of fused-ring (bicyclic) bond motifs is 6. The first-order valence-electron chi connectivity index (χ1n) is 13.9. The van der Waals surface area contributed by atoms with Crippen LogP contribution in [0.2, 0.25) is 0 Å². The summed E-state index contributed by atoms with van der Waals surface area (Å²) in [4.78, 5) is 2.39. The van der Waals surface area contributed by atoms with Gasteiger partial charge in [-0.3, -0.25) is 0 Å². The quantitative estimate of drug-likeness (QED) is 0.183. The summed E-state index contributed by atoms with van der Waals surface area (Å²) in [6.45, 7) is 0. The minimum absolute atomic E-state index is 0.758. The number of nitrogen functional groups attached to an aromatic ring is 1. The van der Waals surface area contributed by atoms with Crippen LogP contribution in [0.1, 0.15) is 0 Å². The lowest BCUT2D eigenvalue weighted by Gasteiger charge is -2.28. The molecule has 2 N–H and O–H groups in total. The molecular formula is C38H27N3. The van der Waals surface area contributed by atoms with Gasteiger partial charge in [-0.15, -0.1) is 0 Å². The van der Waals surface area contributed by atoms with Crippen LogP contribution in [0.25, 0.3) is 49.0 Å². The van der Waals surface area contributed by atoms with Crippen LogP contribution in [0, 0.1) is 0 Å². The molecule has 8 aromatic rings. The van der Waals surface area contributed by atoms with Gasteiger partial charge in [0.15, 0.2) is 0 Å². The second kappa shape index (κ2) is 9.29. The number of anilines is 4. The third kappa shape index (κ3) is 3.75. The minimum Gasteiger partial charge on any atom is -0.399 e. The highest BCUT2D eigenvalue weighted by molar-refractivity contribution is 6.15. The predicted octanol–water partition coefficient (Wildman–Crippen LogP) is 10.1. The van der Waals surface area contributed by atoms with Gasteiger partial charge in [0.1, 0.15) is 0 Å². The van der Waals surface area contributed by atoms with E-state index in [2.05, 4.69) is 149 Å². The van der Waals surface area contributed by atoms with Crippen molar-refractivity contribution in [2.24, 2.45) is 0 Å². The van der Waals surface area contributed by atoms with Crippen LogP contribution in [0.4, 0.5) is 22.7 Å². The van der Waals surface area contributed by atoms with E-state index >= 15 is 0 Å². The van der Waals surface area contributed by atoms with E-state index in [1.165, 1.54) is 37.8 Å². The van der Waals surface area contributed by atoms with Crippen LogP contribution in [-0.4, -0.2) is 4.57 Å². The van der Waals surface area contributed by atoms with Gasteiger partial charge in [-0.1, -0.05) is 91.0 Å². The zero-order chi connectivity index (χ0) is 27.3. The average molecular weight is 526 g/mol. The first kappa shape index (κ1) is 23.4. The summed E-state index contributed by atoms with van der Waals surface area (Å²) >= 11 is 0. The Bertz CT molecular complexity index is 2210. The van der Waals surface area contributed by atoms with Gasteiger partial charge in [-0.05, 0) is 76.8 Å². The summed E-state index contributed by atoms with van der Waals surface area (Å²) in [5.74, 6) is 0. The van der Waals surface area contributed by atoms with Gasteiger partial charge in [0, 0.05) is 38.9 Å². The van der Waals surface area contributed by atoms with Gasteiger partial charge in [-0.2, -0.15) is 0 Å². The fourth-order valence-electron chi connectivity index (χ4n) is 6.22. The zero-order valence-corrected chi connectivity index (χ0v) is 22.4. The van der Waals surface area contributed by atoms with E-state index in [4.69, 9.17) is 5.73 Å². The Hall–Kier alpha value is -5.54. The maximum atomic E-state index is 6.07. The van der Waals surface area contributed by atoms with Gasteiger partial charge in [0.25, 0.3) is 0 Å². The van der Waals surface area contributed by atoms with Crippen LogP contribution < -0.4 is 10.6 Å². The molecule has 0 amide bonds. The molecule has 0 radical (unpaired) electrons. The summed E-state index contributed by atoms with van der Waals surface area (Å²) in [5.41, 5.74) is 13.6. The smallest absolute Gasteiger partial charge is 0.0561 e. The van der Waals surface area contributed by atoms with Gasteiger partial charge in [0.2, 0.25) is 0 Å². The maximum absolute atomic E-state index is 6.07. The maximum Gasteiger partial charge on any atom is 0.0561 e. The highest BCUT2D eigenvalue weighted by Gasteiger charge is 2.19. The van der Waals surface area contributed by atoms with Crippen molar-refractivity contribution in [2.45, 2.75) is 0 Å². The zero-order valence-electron chi connectivity index (χ0n) is 22.4. The van der Waals surface area contributed by atoms with Gasteiger partial charge >= 0.3 is 0 Å². The van der Waals surface area contributed by atoms with Gasteiger partial charge < -0.3 is 15.2 Å². The molecule has 0 bridgehead atoms. The SMILES string of the molecule is Nc1ccc(-n2c3ccccc3c3ccc(N(c4ccccc4)c4cc5ccccc5c5ccccc45)cc32)cc1. The lowest BCUT2D eigenvalue weighted by Crippen LogP contribution is -2.10. The molecule has 0 aliphatic rings. The molecule has 0 aliphatic heterocycles. The largest absolute Gasteiger partial charge is 0.399 e. The van der Waals surface area contributed by atoms with Crippen molar-refractivity contribution < 1.29 is 0 Å². The van der Waals surface area contributed by atoms with Crippen molar-refractivity contribution in [3.05, 3.63) is 152 Å². The van der Waals surface area contributed by atoms with E-state index in [1.807, 2.05) is 12.1 Å². The van der Waals surface area contributed by atoms with Crippen LogP contribution in [0.3, 0.4) is 0 Å². The molecule has 1 heterocycles. The molecule has 1 aromatic heterocycles. The number of nitrogens with two attached hydrogens (primary N) is 1. The molecule has 7 aromatic carbocycles. The third-order valence-electron chi connectivity index (χ3n) is 8.07. The molecule has 0 fully saturated rings. The second-order valence-corrected chi connectivity index (χ2v) is 10.5. The van der Waals surface area contributed by atoms with Crippen LogP contribution >= 0.6 is 0 Å². The number of rotatable bonds is 4. The van der Waals surface area contributed by atoms with E-state index in [-0.39, 0.29) is 0 Å². The fraction of sp³-hybridized carbons (Fsp3) is 0. The molecular weight excluding hydrogens is 498 g/mol. The van der Waals surface area contributed by atoms with E-state index in [0.29, 0.717) is 0 Å². The first-order valence-corrected chi connectivity index (χ1v) is 13.9. The van der Waals surface area contributed by atoms with Gasteiger partial charge in [-0.25, -0.2) is 0 Å². The summed E-state index contributed by atoms with van der Waals surface area (Å²) in [6.07, 6.45) is 0. The van der Waals surface area contributed by atoms with Crippen molar-refractivity contribution in [1.29, 1.82) is 0 Å². The van der Waals surface area contributed by atoms with Crippen molar-refractivity contribution >= 4 is 66.1 Å². The molecule has 0 spiro atoms. The Morgan fingerprint density at radius 2 is 1.07 bits per heavy atom. The molecule has 194 valence electrons. The normalized spacial score (nSPS) is 11.5. The van der Waals surface area contributed by atoms with E-state index in [1.54, 1.807) is 0 Å². The van der Waals surface area contributed by atoms with Crippen LogP contribution in [0.15, 0.2) is 152 Å². The lowest BCUT2D eigenvalue weighted by atomic mass is 9.99. The monoisotopic (exact) mass is 525 g/mol. The lowest BCUT2D eigenvalue weighted by molar-refractivity contribution is 1.18. The number of nitrogens with zero attached hydrogens (tertiary/aromatic N) is 2.